The van der Waals surface area contributed by atoms with Crippen molar-refractivity contribution in [2.75, 3.05) is 20.2 Å². The van der Waals surface area contributed by atoms with E-state index in [4.69, 9.17) is 21.4 Å². The van der Waals surface area contributed by atoms with Gasteiger partial charge < -0.3 is 30.7 Å². The van der Waals surface area contributed by atoms with E-state index < -0.39 is 47.6 Å². The van der Waals surface area contributed by atoms with E-state index >= 15 is 0 Å². The van der Waals surface area contributed by atoms with E-state index in [1.54, 1.807) is 20.8 Å². The van der Waals surface area contributed by atoms with Gasteiger partial charge in [0.2, 0.25) is 17.7 Å². The lowest BCUT2D eigenvalue weighted by Gasteiger charge is -2.25. The number of alkyl carbamates (subject to hydrolysis) is 1. The number of esters is 1. The Kier molecular flexibility index (Phi) is 18.7. The number of carbonyl (C=O) groups excluding carboxylic acids is 5. The fourth-order valence-electron chi connectivity index (χ4n) is 4.25. The average Bonchev–Trinajstić information content (AvgIpc) is 3.01. The molecule has 0 heterocycles. The van der Waals surface area contributed by atoms with Crippen LogP contribution in [0.15, 0.2) is 35.4 Å². The normalized spacial score (nSPS) is 12.6. The highest BCUT2D eigenvalue weighted by atomic mass is 16.6. The molecule has 14 heteroatoms. The number of ether oxygens (including phenoxy) is 2. The second-order valence-corrected chi connectivity index (χ2v) is 11.5. The summed E-state index contributed by atoms with van der Waals surface area (Å²) in [7, 11) is 1.21. The molecule has 0 spiro atoms. The standard InChI is InChI=1S/C32H47N7O7/c1-6-7-19-27(40)34-20-13-11-17-24(37-31(44)46-32(2,3)4)29(42)36-25(30(43)45-5)18-12-14-21-35-28(41)26(38-39-33)22-23-15-9-8-10-16-23/h1,8-10,15-16,24-26H,7,11-14,17-22H2,2-5H3,(H,34,40)(H,35,41)(H,36,42)(H,37,44)/t24-,25-,26+/m0/s1. The minimum absolute atomic E-state index is 0.165. The van der Waals surface area contributed by atoms with Gasteiger partial charge in [-0.1, -0.05) is 35.4 Å². The molecule has 1 aromatic carbocycles. The summed E-state index contributed by atoms with van der Waals surface area (Å²) in [4.78, 5) is 65.4. The number of hydrogen-bond donors (Lipinski definition) is 4. The van der Waals surface area contributed by atoms with Gasteiger partial charge >= 0.3 is 12.1 Å². The fourth-order valence-corrected chi connectivity index (χ4v) is 4.25. The van der Waals surface area contributed by atoms with E-state index in [-0.39, 0.29) is 38.1 Å². The number of unbranched alkanes of at least 4 members (excludes halogenated alkanes) is 2. The average molecular weight is 642 g/mol. The molecule has 0 saturated heterocycles. The maximum Gasteiger partial charge on any atom is 0.408 e. The summed E-state index contributed by atoms with van der Waals surface area (Å²) in [6, 6.07) is 6.27. The monoisotopic (exact) mass is 641 g/mol. The van der Waals surface area contributed by atoms with Gasteiger partial charge in [-0.25, -0.2) is 9.59 Å². The number of hydrogen-bond acceptors (Lipinski definition) is 8. The van der Waals surface area contributed by atoms with Crippen LogP contribution in [0.5, 0.6) is 0 Å². The molecule has 4 amide bonds. The SMILES string of the molecule is C#CCCC(=O)NCCCC[C@H](NC(=O)OC(C)(C)C)C(=O)N[C@@H](CCCCNC(=O)[C@@H](Cc1ccccc1)N=[N+]=[N-])C(=O)OC. The molecule has 0 unspecified atom stereocenters. The van der Waals surface area contributed by atoms with Crippen molar-refractivity contribution in [3.8, 4) is 12.3 Å². The Labute approximate surface area is 270 Å². The highest BCUT2D eigenvalue weighted by Crippen LogP contribution is 2.11. The number of benzene rings is 1. The van der Waals surface area contributed by atoms with E-state index in [9.17, 15) is 24.0 Å². The molecule has 0 fully saturated rings. The van der Waals surface area contributed by atoms with Crippen LogP contribution in [0.4, 0.5) is 4.79 Å². The van der Waals surface area contributed by atoms with E-state index in [2.05, 4.69) is 37.2 Å². The molecule has 1 aromatic rings. The van der Waals surface area contributed by atoms with Crippen LogP contribution < -0.4 is 21.3 Å². The van der Waals surface area contributed by atoms with E-state index in [0.717, 1.165) is 5.56 Å². The zero-order chi connectivity index (χ0) is 34.4. The second-order valence-electron chi connectivity index (χ2n) is 11.5. The van der Waals surface area contributed by atoms with Crippen LogP contribution >= 0.6 is 0 Å². The zero-order valence-electron chi connectivity index (χ0n) is 27.2. The summed E-state index contributed by atoms with van der Waals surface area (Å²) >= 11 is 0. The van der Waals surface area contributed by atoms with Gasteiger partial charge in [-0.2, -0.15) is 0 Å². The largest absolute Gasteiger partial charge is 0.467 e. The van der Waals surface area contributed by atoms with Crippen LogP contribution in [-0.2, 0) is 35.1 Å². The van der Waals surface area contributed by atoms with Gasteiger partial charge in [-0.3, -0.25) is 14.4 Å². The maximum absolute atomic E-state index is 13.3. The molecule has 0 aromatic heterocycles. The number of amides is 4. The first-order valence-electron chi connectivity index (χ1n) is 15.3. The predicted octanol–water partition coefficient (Wildman–Crippen LogP) is 3.45. The van der Waals surface area contributed by atoms with E-state index in [1.165, 1.54) is 7.11 Å². The Morgan fingerprint density at radius 1 is 0.935 bits per heavy atom. The fraction of sp³-hybridized carbons (Fsp3) is 0.594. The minimum atomic E-state index is -1.01. The van der Waals surface area contributed by atoms with Gasteiger partial charge in [-0.15, -0.1) is 12.3 Å². The Balaban J connectivity index is 2.71. The Bertz CT molecular complexity index is 1220. The van der Waals surface area contributed by atoms with Gasteiger partial charge in [0.1, 0.15) is 23.7 Å². The third kappa shape index (κ3) is 17.5. The highest BCUT2D eigenvalue weighted by molar-refractivity contribution is 5.89. The maximum atomic E-state index is 13.3. The van der Waals surface area contributed by atoms with Crippen LogP contribution in [0.1, 0.15) is 77.7 Å². The number of methoxy groups -OCH3 is 1. The van der Waals surface area contributed by atoms with Crippen LogP contribution in [-0.4, -0.2) is 73.7 Å². The van der Waals surface area contributed by atoms with E-state index in [1.807, 2.05) is 30.3 Å². The van der Waals surface area contributed by atoms with Crippen LogP contribution in [0.25, 0.3) is 10.4 Å². The zero-order valence-corrected chi connectivity index (χ0v) is 27.2. The Morgan fingerprint density at radius 2 is 1.57 bits per heavy atom. The summed E-state index contributed by atoms with van der Waals surface area (Å²) in [5.74, 6) is 0.578. The van der Waals surface area contributed by atoms with Crippen LogP contribution in [0.3, 0.4) is 0 Å². The molecule has 1 rings (SSSR count). The quantitative estimate of drug-likeness (QED) is 0.0417. The lowest BCUT2D eigenvalue weighted by atomic mass is 10.1. The Hall–Kier alpha value is -4.76. The van der Waals surface area contributed by atoms with Gasteiger partial charge in [-0.05, 0) is 76.8 Å². The molecule has 0 bridgehead atoms. The first-order chi connectivity index (χ1) is 21.9. The van der Waals surface area contributed by atoms with Crippen molar-refractivity contribution < 1.29 is 33.4 Å². The first kappa shape index (κ1) is 39.3. The molecule has 0 radical (unpaired) electrons. The predicted molar refractivity (Wildman–Crippen MR) is 172 cm³/mol. The third-order valence-electron chi connectivity index (χ3n) is 6.53. The molecule has 0 aliphatic carbocycles. The summed E-state index contributed by atoms with van der Waals surface area (Å²) in [5, 5.41) is 14.4. The number of rotatable bonds is 20. The smallest absolute Gasteiger partial charge is 0.408 e. The van der Waals surface area contributed by atoms with Crippen molar-refractivity contribution in [2.24, 2.45) is 5.11 Å². The van der Waals surface area contributed by atoms with Gasteiger partial charge in [0.25, 0.3) is 0 Å². The molecule has 4 N–H and O–H groups in total. The van der Waals surface area contributed by atoms with Gasteiger partial charge in [0.15, 0.2) is 0 Å². The van der Waals surface area contributed by atoms with Gasteiger partial charge in [0, 0.05) is 30.8 Å². The number of terminal acetylenes is 1. The summed E-state index contributed by atoms with van der Waals surface area (Å²) < 4.78 is 10.2. The van der Waals surface area contributed by atoms with Crippen molar-refractivity contribution in [3.63, 3.8) is 0 Å². The topological polar surface area (TPSA) is 201 Å². The van der Waals surface area contributed by atoms with E-state index in [0.29, 0.717) is 38.6 Å². The summed E-state index contributed by atoms with van der Waals surface area (Å²) in [5.41, 5.74) is 8.95. The van der Waals surface area contributed by atoms with Crippen molar-refractivity contribution in [2.45, 2.75) is 102 Å². The van der Waals surface area contributed by atoms with Crippen molar-refractivity contribution in [1.82, 2.24) is 21.3 Å². The molecule has 0 aliphatic rings. The van der Waals surface area contributed by atoms with Gasteiger partial charge in [0.05, 0.1) is 7.11 Å². The molecule has 0 aliphatic heterocycles. The number of azide groups is 1. The second kappa shape index (κ2) is 21.9. The summed E-state index contributed by atoms with van der Waals surface area (Å²) in [6.45, 7) is 5.72. The molecule has 14 nitrogen and oxygen atoms in total. The summed E-state index contributed by atoms with van der Waals surface area (Å²) in [6.07, 6.45) is 7.58. The lowest BCUT2D eigenvalue weighted by molar-refractivity contribution is -0.145. The van der Waals surface area contributed by atoms with Crippen LogP contribution in [0.2, 0.25) is 0 Å². The number of nitrogens with zero attached hydrogens (tertiary/aromatic N) is 3. The molecular weight excluding hydrogens is 594 g/mol. The van der Waals surface area contributed by atoms with Crippen LogP contribution in [0, 0.1) is 12.3 Å². The molecule has 0 saturated carbocycles. The van der Waals surface area contributed by atoms with Crippen molar-refractivity contribution in [1.29, 1.82) is 0 Å². The highest BCUT2D eigenvalue weighted by Gasteiger charge is 2.28. The van der Waals surface area contributed by atoms with Crippen molar-refractivity contribution >= 4 is 29.8 Å². The number of carbonyl (C=O) groups is 5. The Morgan fingerprint density at radius 3 is 2.15 bits per heavy atom. The molecular formula is C32H47N7O7. The molecule has 3 atom stereocenters. The molecule has 46 heavy (non-hydrogen) atoms. The molecule has 252 valence electrons. The third-order valence-corrected chi connectivity index (χ3v) is 6.53. The first-order valence-corrected chi connectivity index (χ1v) is 15.3. The minimum Gasteiger partial charge on any atom is -0.467 e. The van der Waals surface area contributed by atoms with Crippen molar-refractivity contribution in [3.05, 3.63) is 46.3 Å². The lowest BCUT2D eigenvalue weighted by Crippen LogP contribution is -2.52. The number of nitrogens with one attached hydrogen (secondary N) is 4.